The molecule has 0 aromatic heterocycles. The molecule has 0 radical (unpaired) electrons. The zero-order valence-electron chi connectivity index (χ0n) is 17.4. The number of carbonyl (C=O) groups excluding carboxylic acids is 1. The molecule has 0 N–H and O–H groups in total. The molecule has 1 heterocycles. The smallest absolute Gasteiger partial charge is 0.263 e. The molecule has 1 saturated heterocycles. The van der Waals surface area contributed by atoms with Crippen molar-refractivity contribution < 1.29 is 9.53 Å². The lowest BCUT2D eigenvalue weighted by molar-refractivity contribution is -0.139. The molecule has 0 saturated carbocycles. The molecule has 1 fully saturated rings. The predicted octanol–water partition coefficient (Wildman–Crippen LogP) is 4.46. The van der Waals surface area contributed by atoms with E-state index in [0.29, 0.717) is 0 Å². The fraction of sp³-hybridized carbons (Fsp3) is 0.269. The Morgan fingerprint density at radius 2 is 1.63 bits per heavy atom. The lowest BCUT2D eigenvalue weighted by Crippen LogP contribution is -2.51. The van der Waals surface area contributed by atoms with Crippen molar-refractivity contribution in [1.82, 2.24) is 9.80 Å². The van der Waals surface area contributed by atoms with E-state index < -0.39 is 6.10 Å². The Balaban J connectivity index is 1.26. The zero-order valence-corrected chi connectivity index (χ0v) is 17.4. The summed E-state index contributed by atoms with van der Waals surface area (Å²) in [6, 6.07) is 24.4. The molecule has 30 heavy (non-hydrogen) atoms. The van der Waals surface area contributed by atoms with Crippen LogP contribution in [0.4, 0.5) is 0 Å². The summed E-state index contributed by atoms with van der Waals surface area (Å²) in [7, 11) is 0. The van der Waals surface area contributed by atoms with Crippen molar-refractivity contribution >= 4 is 22.8 Å². The molecule has 1 amide bonds. The number of carbonyl (C=O) groups is 1. The predicted molar refractivity (Wildman–Crippen MR) is 123 cm³/mol. The normalized spacial score (nSPS) is 16.1. The number of nitrogens with zero attached hydrogens (tertiary/aromatic N) is 2. The van der Waals surface area contributed by atoms with Crippen LogP contribution in [-0.4, -0.2) is 54.5 Å². The number of fused-ring (bicyclic) bond motifs is 1. The highest BCUT2D eigenvalue weighted by atomic mass is 16.5. The van der Waals surface area contributed by atoms with Gasteiger partial charge in [-0.1, -0.05) is 72.8 Å². The number of hydrogen-bond donors (Lipinski definition) is 0. The Labute approximate surface area is 178 Å². The average Bonchev–Trinajstić information content (AvgIpc) is 2.80. The van der Waals surface area contributed by atoms with Gasteiger partial charge in [-0.3, -0.25) is 9.69 Å². The summed E-state index contributed by atoms with van der Waals surface area (Å²) in [5, 5.41) is 2.29. The molecule has 1 atom stereocenters. The van der Waals surface area contributed by atoms with Crippen molar-refractivity contribution in [1.29, 1.82) is 0 Å². The Bertz CT molecular complexity index is 1010. The standard InChI is InChI=1S/C26H28N2O2/c1-21(30-25-14-13-23-11-5-6-12-24(23)20-25)26(29)28-18-16-27(17-19-28)15-7-10-22-8-3-2-4-9-22/h2-14,20-21H,15-19H2,1H3/b10-7+/t21-/m0/s1. The van der Waals surface area contributed by atoms with Crippen LogP contribution in [-0.2, 0) is 4.79 Å². The van der Waals surface area contributed by atoms with Crippen LogP contribution in [0, 0.1) is 0 Å². The average molecular weight is 401 g/mol. The van der Waals surface area contributed by atoms with Crippen LogP contribution in [0.3, 0.4) is 0 Å². The van der Waals surface area contributed by atoms with Gasteiger partial charge in [0, 0.05) is 32.7 Å². The van der Waals surface area contributed by atoms with Crippen molar-refractivity contribution in [2.24, 2.45) is 0 Å². The quantitative estimate of drug-likeness (QED) is 0.612. The van der Waals surface area contributed by atoms with Gasteiger partial charge in [-0.05, 0) is 35.4 Å². The van der Waals surface area contributed by atoms with Gasteiger partial charge in [-0.15, -0.1) is 0 Å². The van der Waals surface area contributed by atoms with E-state index in [2.05, 4.69) is 41.3 Å². The maximum absolute atomic E-state index is 12.8. The number of amides is 1. The van der Waals surface area contributed by atoms with Crippen LogP contribution in [0.25, 0.3) is 16.8 Å². The minimum absolute atomic E-state index is 0.0580. The zero-order chi connectivity index (χ0) is 20.8. The van der Waals surface area contributed by atoms with Gasteiger partial charge in [-0.2, -0.15) is 0 Å². The third-order valence-corrected chi connectivity index (χ3v) is 5.54. The first-order valence-corrected chi connectivity index (χ1v) is 10.6. The maximum atomic E-state index is 12.8. The number of hydrogen-bond acceptors (Lipinski definition) is 3. The van der Waals surface area contributed by atoms with E-state index in [4.69, 9.17) is 4.74 Å². The van der Waals surface area contributed by atoms with Crippen LogP contribution in [0.1, 0.15) is 12.5 Å². The minimum atomic E-state index is -0.490. The summed E-state index contributed by atoms with van der Waals surface area (Å²) < 4.78 is 5.96. The second-order valence-corrected chi connectivity index (χ2v) is 7.71. The molecule has 0 aliphatic carbocycles. The molecule has 1 aliphatic rings. The Morgan fingerprint density at radius 1 is 0.933 bits per heavy atom. The van der Waals surface area contributed by atoms with Crippen LogP contribution >= 0.6 is 0 Å². The third-order valence-electron chi connectivity index (χ3n) is 5.54. The molecule has 0 unspecified atom stereocenters. The molecule has 3 aromatic rings. The Kier molecular flexibility index (Phi) is 6.45. The summed E-state index contributed by atoms with van der Waals surface area (Å²) in [4.78, 5) is 17.1. The molecule has 4 heteroatoms. The monoisotopic (exact) mass is 400 g/mol. The first kappa shape index (κ1) is 20.2. The van der Waals surface area contributed by atoms with E-state index >= 15 is 0 Å². The van der Waals surface area contributed by atoms with Gasteiger partial charge in [0.15, 0.2) is 6.10 Å². The van der Waals surface area contributed by atoms with Crippen LogP contribution in [0.2, 0.25) is 0 Å². The van der Waals surface area contributed by atoms with Crippen molar-refractivity contribution in [3.05, 3.63) is 84.4 Å². The number of ether oxygens (including phenoxy) is 1. The highest BCUT2D eigenvalue weighted by Crippen LogP contribution is 2.22. The van der Waals surface area contributed by atoms with Gasteiger partial charge in [-0.25, -0.2) is 0 Å². The molecule has 3 aromatic carbocycles. The van der Waals surface area contributed by atoms with Gasteiger partial charge in [0.05, 0.1) is 0 Å². The van der Waals surface area contributed by atoms with Gasteiger partial charge >= 0.3 is 0 Å². The summed E-state index contributed by atoms with van der Waals surface area (Å²) in [5.74, 6) is 0.793. The second-order valence-electron chi connectivity index (χ2n) is 7.71. The van der Waals surface area contributed by atoms with Crippen molar-refractivity contribution in [2.45, 2.75) is 13.0 Å². The van der Waals surface area contributed by atoms with Crippen molar-refractivity contribution in [3.63, 3.8) is 0 Å². The highest BCUT2D eigenvalue weighted by Gasteiger charge is 2.25. The third kappa shape index (κ3) is 5.08. The van der Waals surface area contributed by atoms with Crippen molar-refractivity contribution in [3.8, 4) is 5.75 Å². The van der Waals surface area contributed by atoms with Crippen LogP contribution in [0.15, 0.2) is 78.9 Å². The van der Waals surface area contributed by atoms with Crippen LogP contribution in [0.5, 0.6) is 5.75 Å². The number of rotatable bonds is 6. The topological polar surface area (TPSA) is 32.8 Å². The molecular weight excluding hydrogens is 372 g/mol. The highest BCUT2D eigenvalue weighted by molar-refractivity contribution is 5.84. The molecule has 0 bridgehead atoms. The molecule has 0 spiro atoms. The summed E-state index contributed by atoms with van der Waals surface area (Å²) in [6.07, 6.45) is 3.85. The molecule has 1 aliphatic heterocycles. The molecular formula is C26H28N2O2. The maximum Gasteiger partial charge on any atom is 0.263 e. The van der Waals surface area contributed by atoms with E-state index in [-0.39, 0.29) is 5.91 Å². The van der Waals surface area contributed by atoms with Crippen LogP contribution < -0.4 is 4.74 Å². The van der Waals surface area contributed by atoms with E-state index in [1.807, 2.05) is 60.4 Å². The van der Waals surface area contributed by atoms with E-state index in [1.165, 1.54) is 10.9 Å². The van der Waals surface area contributed by atoms with Gasteiger partial charge in [0.2, 0.25) is 0 Å². The fourth-order valence-electron chi connectivity index (χ4n) is 3.81. The largest absolute Gasteiger partial charge is 0.481 e. The summed E-state index contributed by atoms with van der Waals surface area (Å²) >= 11 is 0. The number of benzene rings is 3. The molecule has 4 nitrogen and oxygen atoms in total. The Morgan fingerprint density at radius 3 is 2.40 bits per heavy atom. The van der Waals surface area contributed by atoms with Gasteiger partial charge in [0.25, 0.3) is 5.91 Å². The van der Waals surface area contributed by atoms with E-state index in [0.717, 1.165) is 43.9 Å². The Hall–Kier alpha value is -3.11. The van der Waals surface area contributed by atoms with E-state index in [1.54, 1.807) is 0 Å². The minimum Gasteiger partial charge on any atom is -0.481 e. The number of piperazine rings is 1. The van der Waals surface area contributed by atoms with Gasteiger partial charge < -0.3 is 9.64 Å². The molecule has 4 rings (SSSR count). The molecule has 154 valence electrons. The lowest BCUT2D eigenvalue weighted by Gasteiger charge is -2.35. The lowest BCUT2D eigenvalue weighted by atomic mass is 10.1. The van der Waals surface area contributed by atoms with Crippen molar-refractivity contribution in [2.75, 3.05) is 32.7 Å². The second kappa shape index (κ2) is 9.59. The fourth-order valence-corrected chi connectivity index (χ4v) is 3.81. The first-order chi connectivity index (χ1) is 14.7. The SMILES string of the molecule is C[C@H](Oc1ccc2ccccc2c1)C(=O)N1CCN(C/C=C/c2ccccc2)CC1. The summed E-state index contributed by atoms with van der Waals surface area (Å²) in [5.41, 5.74) is 1.21. The first-order valence-electron chi connectivity index (χ1n) is 10.6. The summed E-state index contributed by atoms with van der Waals surface area (Å²) in [6.45, 7) is 5.99. The van der Waals surface area contributed by atoms with E-state index in [9.17, 15) is 4.79 Å². The van der Waals surface area contributed by atoms with Gasteiger partial charge in [0.1, 0.15) is 5.75 Å².